The van der Waals surface area contributed by atoms with Gasteiger partial charge in [-0.2, -0.15) is 0 Å². The highest BCUT2D eigenvalue weighted by atomic mass is 16.6. The molecule has 3 fully saturated rings. The van der Waals surface area contributed by atoms with E-state index in [1.165, 1.54) is 5.57 Å². The molecule has 10 N–H and O–H groups in total. The number of carboxylic acids is 4. The van der Waals surface area contributed by atoms with Crippen LogP contribution < -0.4 is 0 Å². The number of aromatic amines is 4. The third-order valence-corrected chi connectivity index (χ3v) is 27.6. The summed E-state index contributed by atoms with van der Waals surface area (Å²) in [4.78, 5) is 121. The molecular formula is C95H114N8O15. The van der Waals surface area contributed by atoms with E-state index in [-0.39, 0.29) is 79.7 Å². The number of Topliss-reactive ketones (excluding diaryl/α,β-unsaturated/α-hetero) is 1. The lowest BCUT2D eigenvalue weighted by Crippen LogP contribution is -2.58. The molecule has 4 aliphatic carbocycles. The minimum Gasteiger partial charge on any atom is -0.481 e. The van der Waals surface area contributed by atoms with Crippen LogP contribution in [0.15, 0.2) is 60.2 Å². The van der Waals surface area contributed by atoms with Gasteiger partial charge < -0.3 is 60.0 Å². The summed E-state index contributed by atoms with van der Waals surface area (Å²) in [5.41, 5.74) is 22.7. The number of aryl methyl sites for hydroxylation is 6. The van der Waals surface area contributed by atoms with Crippen LogP contribution in [0.4, 0.5) is 0 Å². The van der Waals surface area contributed by atoms with Crippen molar-refractivity contribution in [1.82, 2.24) is 39.9 Å². The molecule has 8 aliphatic rings. The highest BCUT2D eigenvalue weighted by molar-refractivity contribution is 5.99. The first-order chi connectivity index (χ1) is 55.9. The third-order valence-electron chi connectivity index (χ3n) is 27.6. The summed E-state index contributed by atoms with van der Waals surface area (Å²) in [6.07, 6.45) is 9.89. The van der Waals surface area contributed by atoms with E-state index in [0.717, 1.165) is 136 Å². The van der Waals surface area contributed by atoms with Gasteiger partial charge in [-0.15, -0.1) is 0 Å². The molecule has 6 aromatic rings. The van der Waals surface area contributed by atoms with Gasteiger partial charge in [0, 0.05) is 110 Å². The zero-order chi connectivity index (χ0) is 85.2. The molecule has 4 aliphatic heterocycles. The zero-order valence-corrected chi connectivity index (χ0v) is 71.0. The van der Waals surface area contributed by atoms with E-state index in [1.54, 1.807) is 20.8 Å². The third kappa shape index (κ3) is 16.1. The highest BCUT2D eigenvalue weighted by Gasteiger charge is 2.68. The van der Waals surface area contributed by atoms with Crippen molar-refractivity contribution in [3.8, 4) is 0 Å². The number of hydrogen-bond donors (Lipinski definition) is 10. The molecular weight excluding hydrogens is 1490 g/mol. The van der Waals surface area contributed by atoms with Gasteiger partial charge in [0.25, 0.3) is 0 Å². The van der Waals surface area contributed by atoms with E-state index in [0.29, 0.717) is 138 Å². The van der Waals surface area contributed by atoms with Gasteiger partial charge in [-0.3, -0.25) is 33.6 Å². The largest absolute Gasteiger partial charge is 0.481 e. The normalized spacial score (nSPS) is 22.0. The maximum atomic E-state index is 13.1. The Morgan fingerprint density at radius 3 is 1.41 bits per heavy atom. The van der Waals surface area contributed by atoms with E-state index in [9.17, 15) is 64.2 Å². The summed E-state index contributed by atoms with van der Waals surface area (Å²) >= 11 is 0. The Morgan fingerprint density at radius 2 is 0.907 bits per heavy atom. The molecule has 23 nitrogen and oxygen atoms in total. The number of nitrogens with zero attached hydrogens (tertiary/aromatic N) is 4. The lowest BCUT2D eigenvalue weighted by molar-refractivity contribution is -0.189. The van der Waals surface area contributed by atoms with E-state index in [2.05, 4.69) is 40.7 Å². The second-order valence-corrected chi connectivity index (χ2v) is 34.7. The first-order valence-electron chi connectivity index (χ1n) is 42.0. The number of carbonyl (C=O) groups excluding carboxylic acids is 3. The van der Waals surface area contributed by atoms with Gasteiger partial charge in [0.2, 0.25) is 0 Å². The number of H-pyrrole nitrogens is 4. The second-order valence-electron chi connectivity index (χ2n) is 34.7. The first-order valence-corrected chi connectivity index (χ1v) is 42.0. The van der Waals surface area contributed by atoms with E-state index >= 15 is 0 Å². The van der Waals surface area contributed by atoms with E-state index in [1.807, 2.05) is 124 Å². The number of aliphatic hydroxyl groups is 2. The zero-order valence-electron chi connectivity index (χ0n) is 71.0. The number of aromatic nitrogens is 8. The van der Waals surface area contributed by atoms with Crippen LogP contribution in [0.5, 0.6) is 0 Å². The van der Waals surface area contributed by atoms with Crippen LogP contribution in [0.1, 0.15) is 301 Å². The number of allylic oxidation sites excluding steroid dienone is 7. The molecule has 23 heteroatoms. The van der Waals surface area contributed by atoms with E-state index < -0.39 is 53.9 Å². The molecule has 0 amide bonds. The molecule has 624 valence electrons. The van der Waals surface area contributed by atoms with Crippen LogP contribution in [-0.4, -0.2) is 130 Å². The number of carboxylic acid groups (broad SMARTS) is 4. The first kappa shape index (κ1) is 85.4. The molecule has 16 bridgehead atoms. The topological polar surface area (TPSA) is 374 Å². The van der Waals surface area contributed by atoms with Crippen molar-refractivity contribution in [2.24, 2.45) is 28.6 Å². The fourth-order valence-electron chi connectivity index (χ4n) is 21.2. The monoisotopic (exact) mass is 1610 g/mol. The molecule has 118 heavy (non-hydrogen) atoms. The van der Waals surface area contributed by atoms with Gasteiger partial charge in [-0.1, -0.05) is 39.2 Å². The minimum absolute atomic E-state index is 0.0330. The van der Waals surface area contributed by atoms with Crippen LogP contribution in [-0.2, 0) is 55.9 Å². The Morgan fingerprint density at radius 1 is 0.475 bits per heavy atom. The fraction of sp³-hybridized carbons (Fsp3) is 0.484. The number of fused-ring (bicyclic) bond motifs is 21. The van der Waals surface area contributed by atoms with Crippen molar-refractivity contribution >= 4 is 130 Å². The summed E-state index contributed by atoms with van der Waals surface area (Å²) in [6, 6.07) is 15.3. The van der Waals surface area contributed by atoms with Gasteiger partial charge in [0.05, 0.1) is 70.0 Å². The van der Waals surface area contributed by atoms with Gasteiger partial charge in [0.1, 0.15) is 0 Å². The van der Waals surface area contributed by atoms with Crippen LogP contribution >= 0.6 is 0 Å². The summed E-state index contributed by atoms with van der Waals surface area (Å²) in [7, 11) is 0. The van der Waals surface area contributed by atoms with Crippen molar-refractivity contribution in [3.05, 3.63) is 150 Å². The molecule has 0 saturated heterocycles. The predicted octanol–water partition coefficient (Wildman–Crippen LogP) is 19.2. The Hall–Kier alpha value is -10.5. The molecule has 10 heterocycles. The van der Waals surface area contributed by atoms with Gasteiger partial charge >= 0.3 is 29.8 Å². The second kappa shape index (κ2) is 33.7. The van der Waals surface area contributed by atoms with Crippen molar-refractivity contribution in [1.29, 1.82) is 0 Å². The average Bonchev–Trinajstić information content (AvgIpc) is 1.51. The minimum atomic E-state index is -0.958. The number of unbranched alkanes of at least 4 members (excludes halogenated alkanes) is 2. The lowest BCUT2D eigenvalue weighted by atomic mass is 9.46. The predicted molar refractivity (Wildman–Crippen MR) is 458 cm³/mol. The van der Waals surface area contributed by atoms with Crippen molar-refractivity contribution < 1.29 is 73.7 Å². The number of ether oxygens (including phenoxy) is 2. The SMILES string of the molecule is CC1=C(CCC(=O)O)c2cc3[nH]c(cc4nc(cc5[nH]c(cc1n2)c(C)c5C(C)OC(C)C1=C(C)c2cc5[nH]c(cc6nc(cc7[nH]c(cc1n2)c(C)c7CCC(=O)O)C(CCC(=O)O)=C6C)c(C)c5C(C)O)C(C)=C4C(C)O)c(C)c3CCC(=O)O.CCCCCC(=O)O[C@]1(C(C)=O)CC[C@H]2[C@@H]3CCC4=CC(=O)CC[C@]4(C)[C@H]3CC[C@@]21C. The number of carbonyl (C=O) groups is 7. The van der Waals surface area contributed by atoms with Crippen molar-refractivity contribution in [2.45, 2.75) is 269 Å². The maximum absolute atomic E-state index is 13.1. The number of esters is 1. The van der Waals surface area contributed by atoms with Gasteiger partial charge in [0.15, 0.2) is 17.2 Å². The molecule has 0 radical (unpaired) electrons. The molecule has 0 aromatic carbocycles. The Balaban J connectivity index is 0.000000324. The number of rotatable bonds is 24. The maximum Gasteiger partial charge on any atom is 0.306 e. The Kier molecular flexibility index (Phi) is 24.4. The van der Waals surface area contributed by atoms with E-state index in [4.69, 9.17) is 29.4 Å². The highest BCUT2D eigenvalue weighted by Crippen LogP contribution is 2.68. The molecule has 6 aromatic heterocycles. The number of ketones is 2. The van der Waals surface area contributed by atoms with Crippen molar-refractivity contribution in [3.63, 3.8) is 0 Å². The van der Waals surface area contributed by atoms with Crippen LogP contribution in [0.3, 0.4) is 0 Å². The smallest absolute Gasteiger partial charge is 0.306 e. The Labute approximate surface area is 688 Å². The lowest BCUT2D eigenvalue weighted by Gasteiger charge is -2.59. The summed E-state index contributed by atoms with van der Waals surface area (Å²) in [5, 5.41) is 62.2. The standard InChI is InChI=1S/C68H74N8O11.C27H40O4/c1-29-41(13-17-61(79)80)53-28-56-44(16-20-64(85)86)32(4)48(72-56)24-59-68(36(8)52(76-59)25-58-65(37(9)77)33(5)49(73-58)21-45(29)69-53)40(12)87-39(11)67-35(7)50-22-46-30(2)42(14-18-62(81)82)54(70-46)27-55-43(15-19-63(83)84)31(3)47(71-55)23-57-66(38(10)78)34(6)51(74-57)26-60(67)75-50;1-5-6-7-8-24(30)31-27(18(2)28)16-13-23-21-10-9-19-17-20(29)11-14-25(19,3)22(21)12-15-26(23,27)4/h21-28,37-40,71-73,75,77-78H,13-20H2,1-12H3,(H,79,80)(H,81,82)(H,83,84)(H,85,86);17,21-23H,5-16H2,1-4H3/t;21-,22+,23+,25+,26+,27+/m.1/s1. The van der Waals surface area contributed by atoms with Crippen LogP contribution in [0, 0.1) is 56.3 Å². The average molecular weight is 1610 g/mol. The van der Waals surface area contributed by atoms with Crippen molar-refractivity contribution in [2.75, 3.05) is 0 Å². The molecule has 14 rings (SSSR count). The number of aliphatic hydroxyl groups excluding tert-OH is 2. The van der Waals surface area contributed by atoms with Gasteiger partial charge in [-0.25, -0.2) is 19.9 Å². The number of aliphatic carboxylic acids is 4. The summed E-state index contributed by atoms with van der Waals surface area (Å²) in [5.74, 6) is -2.15. The van der Waals surface area contributed by atoms with Crippen LogP contribution in [0.25, 0.3) is 88.7 Å². The molecule has 3 saturated carbocycles. The summed E-state index contributed by atoms with van der Waals surface area (Å²) in [6.45, 7) is 31.3. The van der Waals surface area contributed by atoms with Gasteiger partial charge in [-0.05, 0) is 312 Å². The molecule has 0 spiro atoms. The molecule has 10 atom stereocenters. The molecule has 4 unspecified atom stereocenters. The van der Waals surface area contributed by atoms with Crippen LogP contribution in [0.2, 0.25) is 0 Å². The fourth-order valence-corrected chi connectivity index (χ4v) is 21.2. The Bertz CT molecular complexity index is 5710. The number of nitrogens with one attached hydrogen (secondary N) is 4. The quantitative estimate of drug-likeness (QED) is 0.0199. The summed E-state index contributed by atoms with van der Waals surface area (Å²) < 4.78 is 13.4. The number of hydrogen-bond acceptors (Lipinski definition) is 15.